The maximum absolute atomic E-state index is 11.5. The number of carboxylic acids is 1. The fourth-order valence-electron chi connectivity index (χ4n) is 2.34. The van der Waals surface area contributed by atoms with Gasteiger partial charge in [-0.1, -0.05) is 5.04 Å². The Morgan fingerprint density at radius 1 is 1.19 bits per heavy atom. The number of benzene rings is 2. The highest BCUT2D eigenvalue weighted by Gasteiger charge is 2.13. The Hall–Kier alpha value is -2.75. The van der Waals surface area contributed by atoms with Crippen LogP contribution in [0.4, 0.5) is 17.1 Å². The molecule has 0 radical (unpaired) electrons. The lowest BCUT2D eigenvalue weighted by Crippen LogP contribution is -2.09. The van der Waals surface area contributed by atoms with Crippen LogP contribution in [-0.4, -0.2) is 41.7 Å². The van der Waals surface area contributed by atoms with E-state index in [1.807, 2.05) is 0 Å². The molecule has 0 unspecified atom stereocenters. The number of nitrogen functional groups attached to an aromatic ring is 1. The van der Waals surface area contributed by atoms with Gasteiger partial charge in [0, 0.05) is 11.0 Å². The Kier molecular flexibility index (Phi) is 8.73. The molecule has 0 spiro atoms. The van der Waals surface area contributed by atoms with E-state index in [0.29, 0.717) is 33.9 Å². The van der Waals surface area contributed by atoms with Gasteiger partial charge in [0.2, 0.25) is 0 Å². The topological polar surface area (TPSA) is 190 Å². The van der Waals surface area contributed by atoms with Crippen molar-refractivity contribution in [1.29, 1.82) is 0 Å². The van der Waals surface area contributed by atoms with Crippen LogP contribution < -0.4 is 10.5 Å². The minimum absolute atomic E-state index is 0.00838. The van der Waals surface area contributed by atoms with Crippen LogP contribution in [0.15, 0.2) is 45.5 Å². The molecular formula is C17H19N3O9S2. The van der Waals surface area contributed by atoms with Crippen LogP contribution in [-0.2, 0) is 19.5 Å². The standard InChI is InChI=1S/C17H19N3O9S2/c1-10-7-13(18)16(27-5-2-6-31(24,25)26)9-15(10)20-19-14-4-3-11(30-29-28-23)8-12(14)17(21)22/h3-4,7-9,23H,2,5-6,18H2,1H3,(H,21,22)(H,24,25,26). The van der Waals surface area contributed by atoms with Crippen LogP contribution in [0.3, 0.4) is 0 Å². The molecule has 2 aromatic carbocycles. The van der Waals surface area contributed by atoms with Crippen molar-refractivity contribution < 1.29 is 42.2 Å². The van der Waals surface area contributed by atoms with Crippen molar-refractivity contribution in [2.45, 2.75) is 18.2 Å². The van der Waals surface area contributed by atoms with E-state index in [1.165, 1.54) is 24.3 Å². The Labute approximate surface area is 181 Å². The van der Waals surface area contributed by atoms with Crippen molar-refractivity contribution in [2.24, 2.45) is 10.2 Å². The summed E-state index contributed by atoms with van der Waals surface area (Å²) in [5.74, 6) is -1.47. The number of azo groups is 1. The summed E-state index contributed by atoms with van der Waals surface area (Å²) in [6.07, 6.45) is 0.0559. The molecule has 0 aliphatic heterocycles. The third-order valence-electron chi connectivity index (χ3n) is 3.76. The third-order valence-corrected chi connectivity index (χ3v) is 5.14. The number of carboxylic acid groups (broad SMARTS) is 1. The quantitative estimate of drug-likeness (QED) is 0.0706. The second-order valence-electron chi connectivity index (χ2n) is 6.07. The zero-order chi connectivity index (χ0) is 23.0. The summed E-state index contributed by atoms with van der Waals surface area (Å²) in [7, 11) is -4.08. The van der Waals surface area contributed by atoms with E-state index in [-0.39, 0.29) is 30.0 Å². The minimum atomic E-state index is -4.08. The van der Waals surface area contributed by atoms with Crippen LogP contribution in [0.25, 0.3) is 0 Å². The molecule has 5 N–H and O–H groups in total. The van der Waals surface area contributed by atoms with E-state index < -0.39 is 21.8 Å². The first-order chi connectivity index (χ1) is 14.6. The van der Waals surface area contributed by atoms with Gasteiger partial charge in [-0.15, -0.1) is 9.45 Å². The minimum Gasteiger partial charge on any atom is -0.491 e. The first kappa shape index (κ1) is 24.5. The Morgan fingerprint density at radius 3 is 2.55 bits per heavy atom. The summed E-state index contributed by atoms with van der Waals surface area (Å²) < 4.78 is 40.0. The zero-order valence-electron chi connectivity index (χ0n) is 16.1. The molecular weight excluding hydrogens is 454 g/mol. The first-order valence-electron chi connectivity index (χ1n) is 8.52. The van der Waals surface area contributed by atoms with Gasteiger partial charge in [-0.25, -0.2) is 10.1 Å². The molecule has 2 rings (SSSR count). The molecule has 2 aromatic rings. The molecule has 0 saturated carbocycles. The van der Waals surface area contributed by atoms with Crippen LogP contribution in [0.1, 0.15) is 22.3 Å². The number of hydrogen-bond donors (Lipinski definition) is 4. The Balaban J connectivity index is 2.22. The number of ether oxygens (including phenoxy) is 1. The van der Waals surface area contributed by atoms with Crippen LogP contribution in [0, 0.1) is 6.92 Å². The van der Waals surface area contributed by atoms with E-state index in [0.717, 1.165) is 0 Å². The summed E-state index contributed by atoms with van der Waals surface area (Å²) >= 11 is 0.600. The fraction of sp³-hybridized carbons (Fsp3) is 0.235. The maximum atomic E-state index is 11.5. The summed E-state index contributed by atoms with van der Waals surface area (Å²) in [4.78, 5) is 11.9. The van der Waals surface area contributed by atoms with Crippen LogP contribution in [0.2, 0.25) is 0 Å². The normalized spacial score (nSPS) is 11.7. The summed E-state index contributed by atoms with van der Waals surface area (Å²) in [6.45, 7) is 1.71. The molecule has 31 heavy (non-hydrogen) atoms. The van der Waals surface area contributed by atoms with Crippen molar-refractivity contribution in [1.82, 2.24) is 0 Å². The molecule has 0 bridgehead atoms. The number of anilines is 1. The lowest BCUT2D eigenvalue weighted by molar-refractivity contribution is -0.432. The molecule has 14 heteroatoms. The Morgan fingerprint density at radius 2 is 1.90 bits per heavy atom. The van der Waals surface area contributed by atoms with E-state index in [4.69, 9.17) is 20.3 Å². The highest BCUT2D eigenvalue weighted by atomic mass is 32.2. The van der Waals surface area contributed by atoms with Crippen LogP contribution in [0.5, 0.6) is 5.75 Å². The SMILES string of the molecule is Cc1cc(N)c(OCCCS(=O)(=O)O)cc1N=Nc1ccc(SOOO)cc1C(=O)O. The monoisotopic (exact) mass is 473 g/mol. The van der Waals surface area contributed by atoms with Gasteiger partial charge < -0.3 is 15.6 Å². The van der Waals surface area contributed by atoms with Gasteiger partial charge in [-0.3, -0.25) is 4.55 Å². The molecule has 0 heterocycles. The average molecular weight is 473 g/mol. The lowest BCUT2D eigenvalue weighted by Gasteiger charge is -2.11. The average Bonchev–Trinajstić information content (AvgIpc) is 2.69. The fourth-order valence-corrected chi connectivity index (χ4v) is 3.22. The van der Waals surface area contributed by atoms with Gasteiger partial charge in [-0.2, -0.15) is 13.5 Å². The molecule has 0 aliphatic rings. The number of carbonyl (C=O) groups is 1. The smallest absolute Gasteiger partial charge is 0.338 e. The molecule has 0 atom stereocenters. The second kappa shape index (κ2) is 11.0. The molecule has 12 nitrogen and oxygen atoms in total. The van der Waals surface area contributed by atoms with Gasteiger partial charge in [0.15, 0.2) is 0 Å². The maximum Gasteiger partial charge on any atom is 0.338 e. The number of hydrogen-bond acceptors (Lipinski definition) is 11. The zero-order valence-corrected chi connectivity index (χ0v) is 17.7. The van der Waals surface area contributed by atoms with Gasteiger partial charge >= 0.3 is 5.97 Å². The van der Waals surface area contributed by atoms with Gasteiger partial charge in [0.1, 0.15) is 11.4 Å². The van der Waals surface area contributed by atoms with Gasteiger partial charge in [-0.05, 0) is 43.2 Å². The van der Waals surface area contributed by atoms with Crippen molar-refractivity contribution in [3.8, 4) is 5.75 Å². The highest BCUT2D eigenvalue weighted by Crippen LogP contribution is 2.33. The highest BCUT2D eigenvalue weighted by molar-refractivity contribution is 7.94. The van der Waals surface area contributed by atoms with Crippen molar-refractivity contribution in [3.63, 3.8) is 0 Å². The van der Waals surface area contributed by atoms with E-state index in [9.17, 15) is 18.3 Å². The third kappa shape index (κ3) is 7.78. The summed E-state index contributed by atoms with van der Waals surface area (Å²) in [5.41, 5.74) is 7.09. The first-order valence-corrected chi connectivity index (χ1v) is 10.9. The number of nitrogens with two attached hydrogens (primary N) is 1. The number of aryl methyl sites for hydroxylation is 1. The summed E-state index contributed by atoms with van der Waals surface area (Å²) in [5, 5.41) is 29.1. The predicted octanol–water partition coefficient (Wildman–Crippen LogP) is 3.78. The molecule has 0 amide bonds. The van der Waals surface area contributed by atoms with E-state index in [1.54, 1.807) is 13.0 Å². The number of aromatic carboxylic acids is 1. The molecule has 0 fully saturated rings. The number of nitrogens with zero attached hydrogens (tertiary/aromatic N) is 2. The van der Waals surface area contributed by atoms with Crippen molar-refractivity contribution in [3.05, 3.63) is 41.5 Å². The van der Waals surface area contributed by atoms with Gasteiger partial charge in [0.25, 0.3) is 10.1 Å². The molecule has 0 aliphatic carbocycles. The molecule has 168 valence electrons. The van der Waals surface area contributed by atoms with Crippen molar-refractivity contribution in [2.75, 3.05) is 18.1 Å². The lowest BCUT2D eigenvalue weighted by atomic mass is 10.1. The van der Waals surface area contributed by atoms with E-state index >= 15 is 0 Å². The van der Waals surface area contributed by atoms with E-state index in [2.05, 4.69) is 19.6 Å². The van der Waals surface area contributed by atoms with Crippen LogP contribution >= 0.6 is 12.0 Å². The largest absolute Gasteiger partial charge is 0.491 e. The molecule has 0 saturated heterocycles. The number of rotatable bonds is 11. The summed E-state index contributed by atoms with van der Waals surface area (Å²) in [6, 6.07) is 7.22. The second-order valence-corrected chi connectivity index (χ2v) is 8.42. The predicted molar refractivity (Wildman–Crippen MR) is 110 cm³/mol. The van der Waals surface area contributed by atoms with Gasteiger partial charge in [0.05, 0.1) is 41.3 Å². The Bertz CT molecular complexity index is 1070. The van der Waals surface area contributed by atoms with Crippen molar-refractivity contribution >= 4 is 45.2 Å². The molecule has 0 aromatic heterocycles.